The molecule has 1 aliphatic rings. The van der Waals surface area contributed by atoms with Crippen molar-refractivity contribution in [2.75, 3.05) is 12.4 Å². The molecule has 110 valence electrons. The zero-order chi connectivity index (χ0) is 14.9. The fraction of sp³-hybridized carbons (Fsp3) is 0.389. The molecule has 1 unspecified atom stereocenters. The van der Waals surface area contributed by atoms with E-state index in [-0.39, 0.29) is 5.41 Å². The Balaban J connectivity index is 1.86. The first-order chi connectivity index (χ1) is 10.1. The fourth-order valence-electron chi connectivity index (χ4n) is 3.15. The van der Waals surface area contributed by atoms with Gasteiger partial charge in [-0.05, 0) is 35.4 Å². The Labute approximate surface area is 126 Å². The van der Waals surface area contributed by atoms with Gasteiger partial charge in [-0.3, -0.25) is 0 Å². The monoisotopic (exact) mass is 282 g/mol. The van der Waals surface area contributed by atoms with Crippen molar-refractivity contribution in [3.8, 4) is 5.88 Å². The van der Waals surface area contributed by atoms with Crippen molar-refractivity contribution in [2.24, 2.45) is 0 Å². The van der Waals surface area contributed by atoms with Crippen molar-refractivity contribution in [1.82, 2.24) is 4.98 Å². The highest BCUT2D eigenvalue weighted by atomic mass is 16.5. The number of benzene rings is 1. The predicted molar refractivity (Wildman–Crippen MR) is 85.9 cm³/mol. The highest BCUT2D eigenvalue weighted by molar-refractivity contribution is 5.48. The SMILES string of the molecule is COc1ccc(NC2CCC(C)(C)c3ccccc32)cn1. The standard InChI is InChI=1S/C18H22N2O/c1-18(2)11-10-16(14-6-4-5-7-15(14)18)20-13-8-9-17(21-3)19-12-13/h4-9,12,16,20H,10-11H2,1-3H3. The lowest BCUT2D eigenvalue weighted by Crippen LogP contribution is -2.29. The molecule has 1 aromatic heterocycles. The minimum Gasteiger partial charge on any atom is -0.481 e. The molecule has 1 aliphatic carbocycles. The van der Waals surface area contributed by atoms with Gasteiger partial charge in [0.25, 0.3) is 0 Å². The average Bonchev–Trinajstić information content (AvgIpc) is 2.51. The second-order valence-electron chi connectivity index (χ2n) is 6.30. The van der Waals surface area contributed by atoms with E-state index in [4.69, 9.17) is 4.74 Å². The van der Waals surface area contributed by atoms with Crippen LogP contribution in [0.2, 0.25) is 0 Å². The van der Waals surface area contributed by atoms with Gasteiger partial charge in [0.2, 0.25) is 5.88 Å². The molecule has 1 heterocycles. The number of ether oxygens (including phenoxy) is 1. The van der Waals surface area contributed by atoms with Gasteiger partial charge >= 0.3 is 0 Å². The van der Waals surface area contributed by atoms with Gasteiger partial charge in [-0.1, -0.05) is 38.1 Å². The van der Waals surface area contributed by atoms with E-state index in [1.807, 2.05) is 18.3 Å². The highest BCUT2D eigenvalue weighted by Gasteiger charge is 2.32. The molecular formula is C18H22N2O. The summed E-state index contributed by atoms with van der Waals surface area (Å²) in [6.07, 6.45) is 4.16. The van der Waals surface area contributed by atoms with Crippen LogP contribution in [-0.2, 0) is 5.41 Å². The van der Waals surface area contributed by atoms with E-state index in [2.05, 4.69) is 48.4 Å². The van der Waals surface area contributed by atoms with Crippen molar-refractivity contribution >= 4 is 5.69 Å². The minimum atomic E-state index is 0.257. The highest BCUT2D eigenvalue weighted by Crippen LogP contribution is 2.42. The molecule has 3 rings (SSSR count). The molecule has 0 amide bonds. The average molecular weight is 282 g/mol. The summed E-state index contributed by atoms with van der Waals surface area (Å²) in [6, 6.07) is 13.0. The van der Waals surface area contributed by atoms with Crippen LogP contribution in [0.3, 0.4) is 0 Å². The smallest absolute Gasteiger partial charge is 0.213 e. The molecule has 3 heteroatoms. The lowest BCUT2D eigenvalue weighted by atomic mass is 9.71. The van der Waals surface area contributed by atoms with Gasteiger partial charge in [-0.2, -0.15) is 0 Å². The Kier molecular flexibility index (Phi) is 3.58. The lowest BCUT2D eigenvalue weighted by Gasteiger charge is -2.37. The third-order valence-corrected chi connectivity index (χ3v) is 4.41. The number of nitrogens with zero attached hydrogens (tertiary/aromatic N) is 1. The van der Waals surface area contributed by atoms with E-state index in [1.165, 1.54) is 17.5 Å². The van der Waals surface area contributed by atoms with Crippen LogP contribution in [0, 0.1) is 0 Å². The molecule has 2 aromatic rings. The van der Waals surface area contributed by atoms with Crippen LogP contribution in [-0.4, -0.2) is 12.1 Å². The zero-order valence-electron chi connectivity index (χ0n) is 12.9. The number of rotatable bonds is 3. The molecule has 0 fully saturated rings. The number of pyridine rings is 1. The van der Waals surface area contributed by atoms with Crippen molar-refractivity contribution in [1.29, 1.82) is 0 Å². The zero-order valence-corrected chi connectivity index (χ0v) is 12.9. The fourth-order valence-corrected chi connectivity index (χ4v) is 3.15. The Bertz CT molecular complexity index is 619. The van der Waals surface area contributed by atoms with E-state index in [1.54, 1.807) is 7.11 Å². The third kappa shape index (κ3) is 2.73. The van der Waals surface area contributed by atoms with Crippen molar-refractivity contribution in [3.05, 3.63) is 53.7 Å². The molecule has 1 N–H and O–H groups in total. The molecule has 1 aromatic carbocycles. The van der Waals surface area contributed by atoms with E-state index < -0.39 is 0 Å². The molecule has 0 aliphatic heterocycles. The second-order valence-corrected chi connectivity index (χ2v) is 6.30. The Morgan fingerprint density at radius 1 is 1.19 bits per heavy atom. The molecule has 1 atom stereocenters. The third-order valence-electron chi connectivity index (χ3n) is 4.41. The molecule has 0 bridgehead atoms. The summed E-state index contributed by atoms with van der Waals surface area (Å²) >= 11 is 0. The number of hydrogen-bond donors (Lipinski definition) is 1. The van der Waals surface area contributed by atoms with Crippen LogP contribution in [0.15, 0.2) is 42.6 Å². The molecule has 21 heavy (non-hydrogen) atoms. The Morgan fingerprint density at radius 2 is 2.00 bits per heavy atom. The molecule has 0 saturated heterocycles. The quantitative estimate of drug-likeness (QED) is 0.910. The maximum atomic E-state index is 5.10. The molecule has 3 nitrogen and oxygen atoms in total. The van der Waals surface area contributed by atoms with Crippen LogP contribution in [0.1, 0.15) is 43.9 Å². The number of fused-ring (bicyclic) bond motifs is 1. The van der Waals surface area contributed by atoms with E-state index >= 15 is 0 Å². The summed E-state index contributed by atoms with van der Waals surface area (Å²) in [5.74, 6) is 0.644. The maximum Gasteiger partial charge on any atom is 0.213 e. The summed E-state index contributed by atoms with van der Waals surface area (Å²) in [6.45, 7) is 4.66. The number of methoxy groups -OCH3 is 1. The molecule has 0 saturated carbocycles. The summed E-state index contributed by atoms with van der Waals surface area (Å²) < 4.78 is 5.10. The normalized spacial score (nSPS) is 19.7. The van der Waals surface area contributed by atoms with E-state index in [9.17, 15) is 0 Å². The first kappa shape index (κ1) is 13.9. The van der Waals surface area contributed by atoms with Crippen LogP contribution in [0.5, 0.6) is 5.88 Å². The maximum absolute atomic E-state index is 5.10. The van der Waals surface area contributed by atoms with Crippen LogP contribution in [0.4, 0.5) is 5.69 Å². The predicted octanol–water partition coefficient (Wildman–Crippen LogP) is 4.31. The van der Waals surface area contributed by atoms with Crippen molar-refractivity contribution < 1.29 is 4.74 Å². The molecular weight excluding hydrogens is 260 g/mol. The van der Waals surface area contributed by atoms with Gasteiger partial charge in [0.05, 0.1) is 25.0 Å². The van der Waals surface area contributed by atoms with E-state index in [0.717, 1.165) is 12.1 Å². The van der Waals surface area contributed by atoms with Gasteiger partial charge in [-0.15, -0.1) is 0 Å². The van der Waals surface area contributed by atoms with Gasteiger partial charge < -0.3 is 10.1 Å². The molecule has 0 spiro atoms. The van der Waals surface area contributed by atoms with Crippen LogP contribution < -0.4 is 10.1 Å². The lowest BCUT2D eigenvalue weighted by molar-refractivity contribution is 0.397. The second kappa shape index (κ2) is 5.40. The Morgan fingerprint density at radius 3 is 2.71 bits per heavy atom. The van der Waals surface area contributed by atoms with Crippen LogP contribution >= 0.6 is 0 Å². The largest absolute Gasteiger partial charge is 0.481 e. The summed E-state index contributed by atoms with van der Waals surface area (Å²) in [5, 5.41) is 3.61. The molecule has 0 radical (unpaired) electrons. The van der Waals surface area contributed by atoms with Gasteiger partial charge in [0, 0.05) is 6.07 Å². The summed E-state index contributed by atoms with van der Waals surface area (Å²) in [4.78, 5) is 4.26. The number of hydrogen-bond acceptors (Lipinski definition) is 3. The van der Waals surface area contributed by atoms with Gasteiger partial charge in [0.1, 0.15) is 0 Å². The number of aromatic nitrogens is 1. The topological polar surface area (TPSA) is 34.1 Å². The van der Waals surface area contributed by atoms with Gasteiger partial charge in [0.15, 0.2) is 0 Å². The van der Waals surface area contributed by atoms with Crippen molar-refractivity contribution in [2.45, 2.75) is 38.1 Å². The van der Waals surface area contributed by atoms with Crippen molar-refractivity contribution in [3.63, 3.8) is 0 Å². The minimum absolute atomic E-state index is 0.257. The summed E-state index contributed by atoms with van der Waals surface area (Å²) in [5.41, 5.74) is 4.16. The first-order valence-electron chi connectivity index (χ1n) is 7.46. The Hall–Kier alpha value is -2.03. The van der Waals surface area contributed by atoms with Gasteiger partial charge in [-0.25, -0.2) is 4.98 Å². The number of nitrogens with one attached hydrogen (secondary N) is 1. The first-order valence-corrected chi connectivity index (χ1v) is 7.46. The van der Waals surface area contributed by atoms with Crippen LogP contribution in [0.25, 0.3) is 0 Å². The summed E-state index contributed by atoms with van der Waals surface area (Å²) in [7, 11) is 1.63. The van der Waals surface area contributed by atoms with E-state index in [0.29, 0.717) is 11.9 Å². The number of anilines is 1.